The molecule has 0 bridgehead atoms. The van der Waals surface area contributed by atoms with Crippen molar-refractivity contribution in [3.8, 4) is 24.0 Å². The van der Waals surface area contributed by atoms with Crippen molar-refractivity contribution in [3.05, 3.63) is 196 Å². The van der Waals surface area contributed by atoms with Crippen LogP contribution in [-0.4, -0.2) is 29.1 Å². The van der Waals surface area contributed by atoms with Crippen LogP contribution in [-0.2, 0) is 19.4 Å². The molecular formula is C62H72N4S. The van der Waals surface area contributed by atoms with Crippen molar-refractivity contribution in [1.82, 2.24) is 9.47 Å². The molecule has 4 aromatic carbocycles. The Bertz CT molecular complexity index is 2790. The number of hydrogen-bond donors (Lipinski definition) is 1. The van der Waals surface area contributed by atoms with Crippen LogP contribution in [0.1, 0.15) is 119 Å². The molecule has 0 saturated heterocycles. The van der Waals surface area contributed by atoms with Gasteiger partial charge in [-0.05, 0) is 158 Å². The smallest absolute Gasteiger partial charge is 0.147 e. The van der Waals surface area contributed by atoms with Gasteiger partial charge >= 0.3 is 0 Å². The van der Waals surface area contributed by atoms with Gasteiger partial charge in [0.15, 0.2) is 0 Å². The maximum atomic E-state index is 5.44. The van der Waals surface area contributed by atoms with Crippen LogP contribution in [0.25, 0.3) is 44.9 Å². The topological polar surface area (TPSA) is 32.9 Å². The Morgan fingerprint density at radius 2 is 1.64 bits per heavy atom. The SMILES string of the molecule is C#C.C=C/C=C(\C=C/C)n1c(CC)c(/C=C(\C)c2cc(CN=C(C3=CCCC=C3)N(C)C(N=C)c3ccccc3C)c(S)c(-c3ccccc3)c2)c2c3c(ccc21)C(C)=C(C=C)C3.CC.CC. The number of terminal acetylenes is 1. The molecule has 7 rings (SSSR count). The Morgan fingerprint density at radius 3 is 2.25 bits per heavy atom. The summed E-state index contributed by atoms with van der Waals surface area (Å²) in [6.07, 6.45) is 30.8. The minimum Gasteiger partial charge on any atom is -0.334 e. The molecule has 5 aromatic rings. The molecule has 0 N–H and O–H groups in total. The highest BCUT2D eigenvalue weighted by Crippen LogP contribution is 2.44. The molecule has 0 spiro atoms. The summed E-state index contributed by atoms with van der Waals surface area (Å²) < 4.78 is 2.43. The van der Waals surface area contributed by atoms with Gasteiger partial charge in [-0.3, -0.25) is 9.98 Å². The molecule has 0 fully saturated rings. The van der Waals surface area contributed by atoms with E-state index in [9.17, 15) is 0 Å². The number of likely N-dealkylation sites (N-methyl/N-ethyl adjacent to an activating group) is 1. The van der Waals surface area contributed by atoms with Crippen LogP contribution in [0.2, 0.25) is 0 Å². The molecule has 0 amide bonds. The van der Waals surface area contributed by atoms with Gasteiger partial charge in [0.2, 0.25) is 0 Å². The van der Waals surface area contributed by atoms with E-state index in [2.05, 4.69) is 210 Å². The van der Waals surface area contributed by atoms with Crippen LogP contribution in [0, 0.1) is 19.8 Å². The largest absolute Gasteiger partial charge is 0.334 e. The fourth-order valence-corrected chi connectivity index (χ4v) is 9.36. The van der Waals surface area contributed by atoms with E-state index in [1.54, 1.807) is 0 Å². The lowest BCUT2D eigenvalue weighted by molar-refractivity contribution is 0.387. The molecule has 346 valence electrons. The van der Waals surface area contributed by atoms with E-state index in [4.69, 9.17) is 17.6 Å². The molecule has 4 nitrogen and oxygen atoms in total. The van der Waals surface area contributed by atoms with Crippen molar-refractivity contribution in [3.63, 3.8) is 0 Å². The zero-order valence-electron chi connectivity index (χ0n) is 41.8. The van der Waals surface area contributed by atoms with Crippen LogP contribution in [0.5, 0.6) is 0 Å². The first-order valence-electron chi connectivity index (χ1n) is 23.7. The Morgan fingerprint density at radius 1 is 0.940 bits per heavy atom. The lowest BCUT2D eigenvalue weighted by Gasteiger charge is -2.30. The molecule has 1 heterocycles. The number of aryl methyl sites for hydroxylation is 1. The number of fused-ring (bicyclic) bond motifs is 3. The van der Waals surface area contributed by atoms with Crippen LogP contribution in [0.15, 0.2) is 167 Å². The van der Waals surface area contributed by atoms with E-state index in [1.165, 1.54) is 55.6 Å². The quantitative estimate of drug-likeness (QED) is 0.0389. The van der Waals surface area contributed by atoms with Gasteiger partial charge in [0.05, 0.1) is 12.1 Å². The van der Waals surface area contributed by atoms with Crippen molar-refractivity contribution in [1.29, 1.82) is 0 Å². The van der Waals surface area contributed by atoms with Crippen LogP contribution in [0.4, 0.5) is 0 Å². The van der Waals surface area contributed by atoms with Crippen molar-refractivity contribution in [2.75, 3.05) is 7.05 Å². The summed E-state index contributed by atoms with van der Waals surface area (Å²) in [5.41, 5.74) is 19.0. The summed E-state index contributed by atoms with van der Waals surface area (Å²) in [5.74, 6) is 0.879. The van der Waals surface area contributed by atoms with Gasteiger partial charge in [0.25, 0.3) is 0 Å². The van der Waals surface area contributed by atoms with Gasteiger partial charge in [-0.15, -0.1) is 25.5 Å². The highest BCUT2D eigenvalue weighted by Gasteiger charge is 2.27. The van der Waals surface area contributed by atoms with Crippen LogP contribution >= 0.6 is 12.6 Å². The molecule has 1 aromatic heterocycles. The van der Waals surface area contributed by atoms with Crippen LogP contribution in [0.3, 0.4) is 0 Å². The number of aromatic nitrogens is 1. The van der Waals surface area contributed by atoms with E-state index in [1.807, 2.05) is 39.8 Å². The summed E-state index contributed by atoms with van der Waals surface area (Å²) in [6.45, 7) is 31.7. The number of thiol groups is 1. The average Bonchev–Trinajstić information content (AvgIpc) is 3.87. The minimum absolute atomic E-state index is 0.296. The third-order valence-electron chi connectivity index (χ3n) is 12.2. The third-order valence-corrected chi connectivity index (χ3v) is 12.7. The molecule has 2 aliphatic rings. The minimum atomic E-state index is -0.296. The predicted molar refractivity (Wildman–Crippen MR) is 301 cm³/mol. The Kier molecular flexibility index (Phi) is 20.5. The number of rotatable bonds is 14. The van der Waals surface area contributed by atoms with E-state index in [0.29, 0.717) is 6.54 Å². The second-order valence-corrected chi connectivity index (χ2v) is 16.4. The molecule has 1 unspecified atom stereocenters. The van der Waals surface area contributed by atoms with Crippen molar-refractivity contribution in [2.45, 2.75) is 106 Å². The van der Waals surface area contributed by atoms with Gasteiger partial charge < -0.3 is 9.47 Å². The maximum Gasteiger partial charge on any atom is 0.147 e. The normalized spacial score (nSPS) is 13.9. The van der Waals surface area contributed by atoms with Crippen molar-refractivity contribution < 1.29 is 0 Å². The second-order valence-electron chi connectivity index (χ2n) is 15.9. The average molecular weight is 905 g/mol. The molecule has 0 radical (unpaired) electrons. The molecule has 0 saturated carbocycles. The highest BCUT2D eigenvalue weighted by atomic mass is 32.1. The third kappa shape index (κ3) is 11.5. The van der Waals surface area contributed by atoms with Gasteiger partial charge in [-0.1, -0.05) is 145 Å². The summed E-state index contributed by atoms with van der Waals surface area (Å²) in [4.78, 5) is 13.2. The molecule has 5 heteroatoms. The summed E-state index contributed by atoms with van der Waals surface area (Å²) in [5, 5.41) is 1.30. The number of amidine groups is 1. The number of allylic oxidation sites excluding steroid dienone is 11. The molecule has 0 aliphatic heterocycles. The lowest BCUT2D eigenvalue weighted by Crippen LogP contribution is -2.32. The molecule has 67 heavy (non-hydrogen) atoms. The van der Waals surface area contributed by atoms with Crippen LogP contribution < -0.4 is 0 Å². The maximum absolute atomic E-state index is 5.44. The molecular weight excluding hydrogens is 833 g/mol. The van der Waals surface area contributed by atoms with Gasteiger partial charge in [-0.25, -0.2) is 0 Å². The van der Waals surface area contributed by atoms with E-state index in [0.717, 1.165) is 75.5 Å². The molecule has 2 aliphatic carbocycles. The first kappa shape index (κ1) is 53.0. The first-order valence-corrected chi connectivity index (χ1v) is 24.2. The van der Waals surface area contributed by atoms with Gasteiger partial charge in [0, 0.05) is 39.9 Å². The number of nitrogens with zero attached hydrogens (tertiary/aromatic N) is 4. The first-order chi connectivity index (χ1) is 32.6. The van der Waals surface area contributed by atoms with Gasteiger partial charge in [-0.2, -0.15) is 0 Å². The standard InChI is InChI=1S/C56H58N4S.2C2H6.C2H2/c1-10-22-45(23-11-2)60-51(13-4)50(53-49-34-40(12-3)39(7)47(49)30-31-52(53)60)32-38(6)43-33-44(54(61)48(35-43)41-25-16-14-17-26-41)36-58-55(42-27-18-15-19-28-42)59(9)56(57-8)46-29-21-20-24-37(46)5;3*1-2/h10-12,14,16-18,20-33,35,56,61H,1,3,8,13,15,19,34,36H2,2,4-7,9H3;2*1-2H3;1-2H/b23-11-,38-32+,45-22+,58-55?;;;. The van der Waals surface area contributed by atoms with E-state index in [-0.39, 0.29) is 6.17 Å². The lowest BCUT2D eigenvalue weighted by atomic mass is 9.93. The summed E-state index contributed by atoms with van der Waals surface area (Å²) in [7, 11) is 2.08. The number of benzene rings is 4. The van der Waals surface area contributed by atoms with Gasteiger partial charge in [0.1, 0.15) is 12.0 Å². The second kappa shape index (κ2) is 25.9. The van der Waals surface area contributed by atoms with Crippen molar-refractivity contribution >= 4 is 59.0 Å². The fraction of sp³-hybridized carbons (Fsp3) is 0.258. The summed E-state index contributed by atoms with van der Waals surface area (Å²) >= 11 is 5.27. The Hall–Kier alpha value is -6.61. The van der Waals surface area contributed by atoms with Crippen molar-refractivity contribution in [2.24, 2.45) is 9.98 Å². The Balaban J connectivity index is 0.00000157. The van der Waals surface area contributed by atoms with E-state index < -0.39 is 0 Å². The number of hydrogen-bond acceptors (Lipinski definition) is 3. The highest BCUT2D eigenvalue weighted by molar-refractivity contribution is 7.80. The monoisotopic (exact) mass is 905 g/mol. The molecule has 1 atom stereocenters. The number of aliphatic imine (C=N–C) groups is 2. The summed E-state index contributed by atoms with van der Waals surface area (Å²) in [6, 6.07) is 28.1. The zero-order chi connectivity index (χ0) is 49.2. The van der Waals surface area contributed by atoms with E-state index >= 15 is 0 Å². The fourth-order valence-electron chi connectivity index (χ4n) is 9.03. The zero-order valence-corrected chi connectivity index (χ0v) is 42.7. The Labute approximate surface area is 409 Å². The predicted octanol–water partition coefficient (Wildman–Crippen LogP) is 17.0.